The Morgan fingerprint density at radius 3 is 1.32 bits per heavy atom. The molecule has 0 radical (unpaired) electrons. The smallest absolute Gasteiger partial charge is 0.0130 e. The van der Waals surface area contributed by atoms with Crippen LogP contribution in [-0.2, 0) is 0 Å². The molecular formula is C40H25I. The molecule has 0 saturated carbocycles. The third kappa shape index (κ3) is 4.20. The van der Waals surface area contributed by atoms with Crippen LogP contribution in [0.3, 0.4) is 0 Å². The molecule has 0 saturated heterocycles. The molecular weight excluding hydrogens is 607 g/mol. The molecule has 0 aromatic heterocycles. The number of halogens is 1. The molecule has 0 bridgehead atoms. The lowest BCUT2D eigenvalue weighted by atomic mass is 9.84. The first-order valence-corrected chi connectivity index (χ1v) is 15.0. The van der Waals surface area contributed by atoms with Crippen molar-refractivity contribution in [3.63, 3.8) is 0 Å². The number of benzene rings is 8. The van der Waals surface area contributed by atoms with Gasteiger partial charge in [0.1, 0.15) is 0 Å². The second kappa shape index (κ2) is 9.87. The molecule has 1 heteroatoms. The van der Waals surface area contributed by atoms with Crippen LogP contribution in [0.4, 0.5) is 0 Å². The molecule has 8 aromatic carbocycles. The lowest BCUT2D eigenvalue weighted by Gasteiger charge is -2.19. The molecule has 0 aliphatic rings. The van der Waals surface area contributed by atoms with E-state index in [0.29, 0.717) is 0 Å². The highest BCUT2D eigenvalue weighted by Crippen LogP contribution is 2.45. The zero-order valence-corrected chi connectivity index (χ0v) is 24.5. The summed E-state index contributed by atoms with van der Waals surface area (Å²) in [6.45, 7) is 0. The lowest BCUT2D eigenvalue weighted by Crippen LogP contribution is -1.92. The maximum Gasteiger partial charge on any atom is 0.0130 e. The predicted octanol–water partition coefficient (Wildman–Crippen LogP) is 11.9. The van der Waals surface area contributed by atoms with Crippen LogP contribution in [0.1, 0.15) is 0 Å². The molecule has 8 aromatic rings. The van der Waals surface area contributed by atoms with E-state index in [4.69, 9.17) is 0 Å². The summed E-state index contributed by atoms with van der Waals surface area (Å²) in [5, 5.41) is 10.1. The van der Waals surface area contributed by atoms with Crippen LogP contribution in [0.2, 0.25) is 0 Å². The first kappa shape index (κ1) is 24.3. The Labute approximate surface area is 253 Å². The van der Waals surface area contributed by atoms with Crippen molar-refractivity contribution in [3.05, 3.63) is 155 Å². The highest BCUT2D eigenvalue weighted by Gasteiger charge is 2.18. The minimum absolute atomic E-state index is 1.23. The minimum atomic E-state index is 1.23. The van der Waals surface area contributed by atoms with Crippen LogP contribution in [-0.4, -0.2) is 0 Å². The normalized spacial score (nSPS) is 11.5. The van der Waals surface area contributed by atoms with Gasteiger partial charge in [0.15, 0.2) is 0 Å². The Balaban J connectivity index is 1.50. The first-order chi connectivity index (χ1) is 20.2. The van der Waals surface area contributed by atoms with Crippen molar-refractivity contribution in [2.45, 2.75) is 0 Å². The molecule has 0 heterocycles. The van der Waals surface area contributed by atoms with E-state index in [0.717, 1.165) is 0 Å². The molecule has 0 aliphatic carbocycles. The van der Waals surface area contributed by atoms with Crippen LogP contribution >= 0.6 is 22.6 Å². The molecule has 0 aliphatic heterocycles. The van der Waals surface area contributed by atoms with Crippen LogP contribution in [0, 0.1) is 3.57 Å². The quantitative estimate of drug-likeness (QED) is 0.134. The van der Waals surface area contributed by atoms with E-state index in [1.807, 2.05) is 0 Å². The highest BCUT2D eigenvalue weighted by molar-refractivity contribution is 14.1. The monoisotopic (exact) mass is 632 g/mol. The van der Waals surface area contributed by atoms with Gasteiger partial charge in [0.25, 0.3) is 0 Å². The highest BCUT2D eigenvalue weighted by atomic mass is 127. The van der Waals surface area contributed by atoms with E-state index >= 15 is 0 Å². The molecule has 0 N–H and O–H groups in total. The second-order valence-corrected chi connectivity index (χ2v) is 11.9. The summed E-state index contributed by atoms with van der Waals surface area (Å²) < 4.78 is 1.24. The van der Waals surface area contributed by atoms with Gasteiger partial charge in [-0.15, -0.1) is 0 Å². The van der Waals surface area contributed by atoms with E-state index in [1.54, 1.807) is 0 Å². The standard InChI is InChI=1S/C40H25I/c41-34-20-17-28(18-21-34)31-19-22-37-38(25-31)40(33-16-14-27-8-2-4-10-30(27)24-33)36-12-6-5-11-35(36)39(37)32-15-13-26-7-1-3-9-29(26)23-32/h1-25H. The summed E-state index contributed by atoms with van der Waals surface area (Å²) in [5.41, 5.74) is 7.54. The van der Waals surface area contributed by atoms with E-state index in [2.05, 4.69) is 174 Å². The number of fused-ring (bicyclic) bond motifs is 4. The first-order valence-electron chi connectivity index (χ1n) is 14.0. The van der Waals surface area contributed by atoms with Gasteiger partial charge in [-0.3, -0.25) is 0 Å². The van der Waals surface area contributed by atoms with Gasteiger partial charge >= 0.3 is 0 Å². The van der Waals surface area contributed by atoms with Crippen LogP contribution in [0.25, 0.3) is 76.5 Å². The van der Waals surface area contributed by atoms with Gasteiger partial charge in [-0.1, -0.05) is 121 Å². The molecule has 0 fully saturated rings. The summed E-state index contributed by atoms with van der Waals surface area (Å²) >= 11 is 2.38. The number of hydrogen-bond acceptors (Lipinski definition) is 0. The van der Waals surface area contributed by atoms with E-state index in [1.165, 1.54) is 80.0 Å². The topological polar surface area (TPSA) is 0 Å². The molecule has 0 nitrogen and oxygen atoms in total. The number of hydrogen-bond donors (Lipinski definition) is 0. The Morgan fingerprint density at radius 1 is 0.293 bits per heavy atom. The molecule has 0 unspecified atom stereocenters. The fourth-order valence-corrected chi connectivity index (χ4v) is 6.67. The summed E-state index contributed by atoms with van der Waals surface area (Å²) in [5.74, 6) is 0. The van der Waals surface area contributed by atoms with Gasteiger partial charge in [0.05, 0.1) is 0 Å². The second-order valence-electron chi connectivity index (χ2n) is 10.7. The molecule has 41 heavy (non-hydrogen) atoms. The Morgan fingerprint density at radius 2 is 0.732 bits per heavy atom. The molecule has 0 spiro atoms. The van der Waals surface area contributed by atoms with Gasteiger partial charge in [-0.25, -0.2) is 0 Å². The fourth-order valence-electron chi connectivity index (χ4n) is 6.31. The van der Waals surface area contributed by atoms with Gasteiger partial charge in [-0.2, -0.15) is 0 Å². The largest absolute Gasteiger partial charge is 0.0616 e. The lowest BCUT2D eigenvalue weighted by molar-refractivity contribution is 1.61. The predicted molar refractivity (Wildman–Crippen MR) is 185 cm³/mol. The van der Waals surface area contributed by atoms with Crippen molar-refractivity contribution in [1.29, 1.82) is 0 Å². The van der Waals surface area contributed by atoms with E-state index in [9.17, 15) is 0 Å². The zero-order chi connectivity index (χ0) is 27.3. The average molecular weight is 633 g/mol. The van der Waals surface area contributed by atoms with Crippen molar-refractivity contribution >= 4 is 65.7 Å². The van der Waals surface area contributed by atoms with Gasteiger partial charge in [-0.05, 0) is 129 Å². The third-order valence-electron chi connectivity index (χ3n) is 8.28. The summed E-state index contributed by atoms with van der Waals surface area (Å²) in [6.07, 6.45) is 0. The van der Waals surface area contributed by atoms with E-state index in [-0.39, 0.29) is 0 Å². The van der Waals surface area contributed by atoms with Crippen molar-refractivity contribution in [2.24, 2.45) is 0 Å². The maximum atomic E-state index is 2.40. The van der Waals surface area contributed by atoms with Crippen molar-refractivity contribution in [3.8, 4) is 33.4 Å². The van der Waals surface area contributed by atoms with Gasteiger partial charge in [0.2, 0.25) is 0 Å². The summed E-state index contributed by atoms with van der Waals surface area (Å²) in [6, 6.07) is 55.8. The third-order valence-corrected chi connectivity index (χ3v) is 9.00. The Bertz CT molecular complexity index is 2260. The van der Waals surface area contributed by atoms with E-state index < -0.39 is 0 Å². The van der Waals surface area contributed by atoms with Crippen LogP contribution < -0.4 is 0 Å². The van der Waals surface area contributed by atoms with Crippen molar-refractivity contribution < 1.29 is 0 Å². The molecule has 0 atom stereocenters. The number of rotatable bonds is 3. The molecule has 8 rings (SSSR count). The summed E-state index contributed by atoms with van der Waals surface area (Å²) in [7, 11) is 0. The van der Waals surface area contributed by atoms with Crippen LogP contribution in [0.15, 0.2) is 152 Å². The summed E-state index contributed by atoms with van der Waals surface area (Å²) in [4.78, 5) is 0. The molecule has 192 valence electrons. The van der Waals surface area contributed by atoms with Gasteiger partial charge in [0, 0.05) is 3.57 Å². The zero-order valence-electron chi connectivity index (χ0n) is 22.3. The average Bonchev–Trinajstić information content (AvgIpc) is 3.03. The van der Waals surface area contributed by atoms with Crippen molar-refractivity contribution in [1.82, 2.24) is 0 Å². The SMILES string of the molecule is Ic1ccc(-c2ccc3c(-c4ccc5ccccc5c4)c4ccccc4c(-c4ccc5ccccc5c4)c3c2)cc1. The minimum Gasteiger partial charge on any atom is -0.0616 e. The Hall–Kier alpha value is -4.47. The maximum absolute atomic E-state index is 2.40. The Kier molecular flexibility index (Phi) is 5.86. The van der Waals surface area contributed by atoms with Crippen LogP contribution in [0.5, 0.6) is 0 Å². The molecule has 0 amide bonds. The van der Waals surface area contributed by atoms with Gasteiger partial charge < -0.3 is 0 Å². The van der Waals surface area contributed by atoms with Crippen molar-refractivity contribution in [2.75, 3.05) is 0 Å². The fraction of sp³-hybridized carbons (Fsp3) is 0.